The van der Waals surface area contributed by atoms with Crippen LogP contribution in [-0.2, 0) is 0 Å². The van der Waals surface area contributed by atoms with Gasteiger partial charge in [0.05, 0.1) is 0 Å². The molecule has 0 spiro atoms. The van der Waals surface area contributed by atoms with Crippen molar-refractivity contribution in [3.8, 4) is 0 Å². The number of anilines is 1. The normalized spacial score (nSPS) is 28.7. The largest absolute Gasteiger partial charge is 0.354 e. The maximum Gasteiger partial charge on any atom is 0.254 e. The van der Waals surface area contributed by atoms with Gasteiger partial charge in [-0.15, -0.1) is 0 Å². The van der Waals surface area contributed by atoms with E-state index in [2.05, 4.69) is 30.7 Å². The van der Waals surface area contributed by atoms with Crippen LogP contribution in [0.2, 0.25) is 0 Å². The van der Waals surface area contributed by atoms with E-state index in [1.54, 1.807) is 6.20 Å². The highest BCUT2D eigenvalue weighted by Crippen LogP contribution is 2.26. The molecule has 23 heavy (non-hydrogen) atoms. The second-order valence-electron chi connectivity index (χ2n) is 7.43. The van der Waals surface area contributed by atoms with Gasteiger partial charge in [0.2, 0.25) is 0 Å². The van der Waals surface area contributed by atoms with E-state index in [9.17, 15) is 4.79 Å². The number of aromatic nitrogens is 1. The van der Waals surface area contributed by atoms with Crippen molar-refractivity contribution in [1.29, 1.82) is 0 Å². The number of hydrogen-bond acceptors (Lipinski definition) is 3. The lowest BCUT2D eigenvalue weighted by Crippen LogP contribution is -2.45. The van der Waals surface area contributed by atoms with Gasteiger partial charge in [-0.05, 0) is 64.0 Å². The molecule has 126 valence electrons. The first-order valence-electron chi connectivity index (χ1n) is 9.10. The second kappa shape index (κ2) is 6.90. The van der Waals surface area contributed by atoms with E-state index in [0.29, 0.717) is 18.0 Å². The summed E-state index contributed by atoms with van der Waals surface area (Å²) in [6.07, 6.45) is 7.83. The van der Waals surface area contributed by atoms with Gasteiger partial charge >= 0.3 is 0 Å². The Morgan fingerprint density at radius 2 is 1.96 bits per heavy atom. The molecule has 0 saturated carbocycles. The molecule has 0 bridgehead atoms. The van der Waals surface area contributed by atoms with E-state index in [1.165, 1.54) is 25.7 Å². The van der Waals surface area contributed by atoms with Crippen molar-refractivity contribution in [3.05, 3.63) is 23.9 Å². The Morgan fingerprint density at radius 1 is 1.13 bits per heavy atom. The van der Waals surface area contributed by atoms with Crippen molar-refractivity contribution in [2.24, 2.45) is 5.92 Å². The molecule has 3 rings (SSSR count). The third kappa shape index (κ3) is 3.51. The SMILES string of the molecule is CC1CCC(C)N(C(=O)c2ccnc(N3CCCCC3C)c2)C1. The Bertz CT molecular complexity index is 559. The fourth-order valence-electron chi connectivity index (χ4n) is 3.88. The molecule has 3 atom stereocenters. The highest BCUT2D eigenvalue weighted by molar-refractivity contribution is 5.95. The van der Waals surface area contributed by atoms with Crippen molar-refractivity contribution in [2.75, 3.05) is 18.0 Å². The number of nitrogens with zero attached hydrogens (tertiary/aromatic N) is 3. The molecule has 1 aromatic rings. The summed E-state index contributed by atoms with van der Waals surface area (Å²) in [6, 6.07) is 4.71. The molecular formula is C19H29N3O. The van der Waals surface area contributed by atoms with Crippen LogP contribution in [0.4, 0.5) is 5.82 Å². The van der Waals surface area contributed by atoms with Crippen molar-refractivity contribution in [1.82, 2.24) is 9.88 Å². The van der Waals surface area contributed by atoms with E-state index < -0.39 is 0 Å². The maximum atomic E-state index is 13.0. The predicted octanol–water partition coefficient (Wildman–Crippen LogP) is 3.72. The number of amides is 1. The molecule has 3 unspecified atom stereocenters. The van der Waals surface area contributed by atoms with Gasteiger partial charge in [0.25, 0.3) is 5.91 Å². The first-order chi connectivity index (χ1) is 11.1. The third-order valence-corrected chi connectivity index (χ3v) is 5.47. The number of piperidine rings is 2. The third-order valence-electron chi connectivity index (χ3n) is 5.47. The zero-order chi connectivity index (χ0) is 16.4. The average molecular weight is 315 g/mol. The molecule has 0 radical (unpaired) electrons. The zero-order valence-corrected chi connectivity index (χ0v) is 14.7. The van der Waals surface area contributed by atoms with Crippen molar-refractivity contribution >= 4 is 11.7 Å². The Morgan fingerprint density at radius 3 is 2.74 bits per heavy atom. The first kappa shape index (κ1) is 16.3. The Balaban J connectivity index is 1.80. The van der Waals surface area contributed by atoms with Crippen molar-refractivity contribution < 1.29 is 4.79 Å². The molecule has 4 heteroatoms. The van der Waals surface area contributed by atoms with Crippen LogP contribution in [0, 0.1) is 5.92 Å². The van der Waals surface area contributed by atoms with E-state index >= 15 is 0 Å². The first-order valence-corrected chi connectivity index (χ1v) is 9.10. The molecule has 1 aromatic heterocycles. The van der Waals surface area contributed by atoms with Crippen LogP contribution in [0.3, 0.4) is 0 Å². The Labute approximate surface area is 139 Å². The summed E-state index contributed by atoms with van der Waals surface area (Å²) in [6.45, 7) is 8.57. The number of carbonyl (C=O) groups is 1. The van der Waals surface area contributed by atoms with E-state index in [1.807, 2.05) is 17.0 Å². The van der Waals surface area contributed by atoms with Crippen molar-refractivity contribution in [2.45, 2.75) is 65.0 Å². The maximum absolute atomic E-state index is 13.0. The van der Waals surface area contributed by atoms with Gasteiger partial charge in [-0.3, -0.25) is 4.79 Å². The van der Waals surface area contributed by atoms with E-state index in [0.717, 1.165) is 30.9 Å². The predicted molar refractivity (Wildman–Crippen MR) is 93.8 cm³/mol. The standard InChI is InChI=1S/C19H29N3O/c1-14-7-8-16(3)22(13-14)19(23)17-9-10-20-18(12-17)21-11-5-4-6-15(21)2/h9-10,12,14-16H,4-8,11,13H2,1-3H3. The van der Waals surface area contributed by atoms with E-state index in [4.69, 9.17) is 0 Å². The number of likely N-dealkylation sites (tertiary alicyclic amines) is 1. The summed E-state index contributed by atoms with van der Waals surface area (Å²) in [7, 11) is 0. The summed E-state index contributed by atoms with van der Waals surface area (Å²) in [4.78, 5) is 21.9. The quantitative estimate of drug-likeness (QED) is 0.834. The van der Waals surface area contributed by atoms with Crippen molar-refractivity contribution in [3.63, 3.8) is 0 Å². The van der Waals surface area contributed by atoms with E-state index in [-0.39, 0.29) is 5.91 Å². The van der Waals surface area contributed by atoms with Gasteiger partial charge in [0.15, 0.2) is 0 Å². The van der Waals surface area contributed by atoms with Gasteiger partial charge in [-0.2, -0.15) is 0 Å². The molecule has 2 fully saturated rings. The molecule has 0 N–H and O–H groups in total. The number of rotatable bonds is 2. The van der Waals surface area contributed by atoms with Crippen LogP contribution in [0.25, 0.3) is 0 Å². The smallest absolute Gasteiger partial charge is 0.254 e. The summed E-state index contributed by atoms with van der Waals surface area (Å²) in [5.74, 6) is 1.72. The highest BCUT2D eigenvalue weighted by Gasteiger charge is 2.28. The van der Waals surface area contributed by atoms with Gasteiger partial charge in [0, 0.05) is 36.9 Å². The molecule has 2 aliphatic heterocycles. The fourth-order valence-corrected chi connectivity index (χ4v) is 3.88. The van der Waals surface area contributed by atoms with Crippen LogP contribution < -0.4 is 4.90 Å². The minimum absolute atomic E-state index is 0.164. The summed E-state index contributed by atoms with van der Waals surface area (Å²) in [5.41, 5.74) is 0.786. The topological polar surface area (TPSA) is 36.4 Å². The molecule has 2 aliphatic rings. The zero-order valence-electron chi connectivity index (χ0n) is 14.7. The van der Waals surface area contributed by atoms with Gasteiger partial charge in [0.1, 0.15) is 5.82 Å². The monoisotopic (exact) mass is 315 g/mol. The molecule has 0 aromatic carbocycles. The summed E-state index contributed by atoms with van der Waals surface area (Å²) >= 11 is 0. The summed E-state index contributed by atoms with van der Waals surface area (Å²) in [5, 5.41) is 0. The van der Waals surface area contributed by atoms with Crippen LogP contribution in [0.5, 0.6) is 0 Å². The lowest BCUT2D eigenvalue weighted by atomic mass is 9.94. The average Bonchev–Trinajstić information content (AvgIpc) is 2.57. The number of hydrogen-bond donors (Lipinski definition) is 0. The van der Waals surface area contributed by atoms with Crippen LogP contribution in [0.15, 0.2) is 18.3 Å². The second-order valence-corrected chi connectivity index (χ2v) is 7.43. The number of pyridine rings is 1. The Kier molecular flexibility index (Phi) is 4.88. The fraction of sp³-hybridized carbons (Fsp3) is 0.684. The van der Waals surface area contributed by atoms with Gasteiger partial charge in [-0.25, -0.2) is 4.98 Å². The minimum atomic E-state index is 0.164. The van der Waals surface area contributed by atoms with Gasteiger partial charge in [-0.1, -0.05) is 6.92 Å². The molecule has 2 saturated heterocycles. The highest BCUT2D eigenvalue weighted by atomic mass is 16.2. The molecular weight excluding hydrogens is 286 g/mol. The lowest BCUT2D eigenvalue weighted by Gasteiger charge is -2.37. The molecule has 3 heterocycles. The lowest BCUT2D eigenvalue weighted by molar-refractivity contribution is 0.0574. The van der Waals surface area contributed by atoms with Crippen LogP contribution in [-0.4, -0.2) is 41.0 Å². The van der Waals surface area contributed by atoms with Crippen LogP contribution in [0.1, 0.15) is 63.2 Å². The number of carbonyl (C=O) groups excluding carboxylic acids is 1. The molecule has 0 aliphatic carbocycles. The summed E-state index contributed by atoms with van der Waals surface area (Å²) < 4.78 is 0. The van der Waals surface area contributed by atoms with Gasteiger partial charge < -0.3 is 9.80 Å². The van der Waals surface area contributed by atoms with Crippen LogP contribution >= 0.6 is 0 Å². The molecule has 1 amide bonds. The Hall–Kier alpha value is -1.58. The minimum Gasteiger partial charge on any atom is -0.354 e. The molecule has 4 nitrogen and oxygen atoms in total.